The third-order valence-corrected chi connectivity index (χ3v) is 5.78. The van der Waals surface area contributed by atoms with Crippen molar-refractivity contribution in [2.24, 2.45) is 0 Å². The number of hydrogen-bond donors (Lipinski definition) is 1. The first-order valence-electron chi connectivity index (χ1n) is 7.92. The number of rotatable bonds is 6. The normalized spacial score (nSPS) is 17.4. The molecule has 2 heterocycles. The third kappa shape index (κ3) is 4.43. The second kappa shape index (κ2) is 7.91. The maximum absolute atomic E-state index is 12.6. The van der Waals surface area contributed by atoms with E-state index in [1.807, 2.05) is 13.8 Å². The van der Waals surface area contributed by atoms with Crippen LogP contribution in [0.3, 0.4) is 0 Å². The molecule has 1 aliphatic heterocycles. The van der Waals surface area contributed by atoms with Crippen LogP contribution in [0.4, 0.5) is 0 Å². The summed E-state index contributed by atoms with van der Waals surface area (Å²) >= 11 is 0. The first-order chi connectivity index (χ1) is 11.3. The first-order valence-corrected chi connectivity index (χ1v) is 9.36. The van der Waals surface area contributed by atoms with Crippen molar-refractivity contribution in [1.29, 1.82) is 0 Å². The summed E-state index contributed by atoms with van der Waals surface area (Å²) in [5, 5.41) is 2.75. The minimum absolute atomic E-state index is 0.000315. The van der Waals surface area contributed by atoms with E-state index >= 15 is 0 Å². The van der Waals surface area contributed by atoms with Crippen molar-refractivity contribution in [3.8, 4) is 0 Å². The molecule has 0 bridgehead atoms. The number of morpholine rings is 1. The standard InChI is InChI=1S/C15H23N3O5S/c1-3-12(2)16-14(19)11-17-10-13(4-5-15(17)20)24(21,22)18-6-8-23-9-7-18/h4-5,10,12H,3,6-9,11H2,1-2H3,(H,16,19)/t12-/m0/s1. The Kier molecular flexibility index (Phi) is 6.14. The van der Waals surface area contributed by atoms with Crippen LogP contribution in [0.25, 0.3) is 0 Å². The summed E-state index contributed by atoms with van der Waals surface area (Å²) in [6.07, 6.45) is 2.00. The minimum Gasteiger partial charge on any atom is -0.379 e. The number of hydrogen-bond acceptors (Lipinski definition) is 5. The zero-order chi connectivity index (χ0) is 17.7. The summed E-state index contributed by atoms with van der Waals surface area (Å²) in [4.78, 5) is 23.9. The molecule has 24 heavy (non-hydrogen) atoms. The van der Waals surface area contributed by atoms with Crippen LogP contribution in [0.2, 0.25) is 0 Å². The average Bonchev–Trinajstić information content (AvgIpc) is 2.57. The Balaban J connectivity index is 2.21. The molecule has 9 heteroatoms. The van der Waals surface area contributed by atoms with Crippen molar-refractivity contribution in [2.45, 2.75) is 37.8 Å². The van der Waals surface area contributed by atoms with Gasteiger partial charge in [-0.15, -0.1) is 0 Å². The number of carbonyl (C=O) groups is 1. The van der Waals surface area contributed by atoms with Gasteiger partial charge in [-0.05, 0) is 19.4 Å². The molecule has 134 valence electrons. The minimum atomic E-state index is -3.70. The highest BCUT2D eigenvalue weighted by Gasteiger charge is 2.27. The molecule has 0 radical (unpaired) electrons. The predicted octanol–water partition coefficient (Wildman–Crippen LogP) is -0.216. The molecular weight excluding hydrogens is 334 g/mol. The average molecular weight is 357 g/mol. The number of carbonyl (C=O) groups excluding carboxylic acids is 1. The maximum Gasteiger partial charge on any atom is 0.251 e. The van der Waals surface area contributed by atoms with E-state index in [1.165, 1.54) is 22.6 Å². The van der Waals surface area contributed by atoms with Crippen LogP contribution >= 0.6 is 0 Å². The molecule has 1 N–H and O–H groups in total. The van der Waals surface area contributed by atoms with Crippen molar-refractivity contribution in [3.63, 3.8) is 0 Å². The summed E-state index contributed by atoms with van der Waals surface area (Å²) in [5.41, 5.74) is -0.421. The Morgan fingerprint density at radius 3 is 2.62 bits per heavy atom. The zero-order valence-corrected chi connectivity index (χ0v) is 14.7. The van der Waals surface area contributed by atoms with Gasteiger partial charge in [0.15, 0.2) is 0 Å². The van der Waals surface area contributed by atoms with Crippen LogP contribution in [0, 0.1) is 0 Å². The smallest absolute Gasteiger partial charge is 0.251 e. The second-order valence-corrected chi connectivity index (χ2v) is 7.66. The lowest BCUT2D eigenvalue weighted by Crippen LogP contribution is -2.41. The molecular formula is C15H23N3O5S. The van der Waals surface area contributed by atoms with Gasteiger partial charge in [-0.2, -0.15) is 4.31 Å². The largest absolute Gasteiger partial charge is 0.379 e. The Morgan fingerprint density at radius 1 is 1.33 bits per heavy atom. The van der Waals surface area contributed by atoms with Crippen molar-refractivity contribution in [2.75, 3.05) is 26.3 Å². The van der Waals surface area contributed by atoms with Gasteiger partial charge in [0.1, 0.15) is 6.54 Å². The van der Waals surface area contributed by atoms with Crippen molar-refractivity contribution >= 4 is 15.9 Å². The van der Waals surface area contributed by atoms with E-state index in [-0.39, 0.29) is 36.5 Å². The Bertz CT molecular complexity index is 738. The fourth-order valence-electron chi connectivity index (χ4n) is 2.30. The van der Waals surface area contributed by atoms with Crippen molar-refractivity contribution in [1.82, 2.24) is 14.2 Å². The molecule has 1 amide bonds. The highest BCUT2D eigenvalue weighted by atomic mass is 32.2. The Labute approximate surface area is 141 Å². The van der Waals surface area contributed by atoms with Crippen LogP contribution in [-0.2, 0) is 26.1 Å². The fourth-order valence-corrected chi connectivity index (χ4v) is 3.73. The molecule has 2 rings (SSSR count). The molecule has 1 aromatic rings. The number of sulfonamides is 1. The SMILES string of the molecule is CC[C@H](C)NC(=O)Cn1cc(S(=O)(=O)N2CCOCC2)ccc1=O. The number of aromatic nitrogens is 1. The highest BCUT2D eigenvalue weighted by Crippen LogP contribution is 2.15. The van der Waals surface area contributed by atoms with Crippen molar-refractivity contribution < 1.29 is 17.9 Å². The lowest BCUT2D eigenvalue weighted by atomic mass is 10.2. The van der Waals surface area contributed by atoms with Gasteiger partial charge in [-0.25, -0.2) is 8.42 Å². The molecule has 1 saturated heterocycles. The van der Waals surface area contributed by atoms with E-state index in [1.54, 1.807) is 0 Å². The lowest BCUT2D eigenvalue weighted by Gasteiger charge is -2.26. The quantitative estimate of drug-likeness (QED) is 0.759. The number of pyridine rings is 1. The van der Waals surface area contributed by atoms with Crippen LogP contribution < -0.4 is 10.9 Å². The van der Waals surface area contributed by atoms with Gasteiger partial charge in [0, 0.05) is 31.4 Å². The molecule has 0 saturated carbocycles. The topological polar surface area (TPSA) is 97.7 Å². The second-order valence-electron chi connectivity index (χ2n) is 5.72. The molecule has 1 fully saturated rings. The molecule has 1 atom stereocenters. The first kappa shape index (κ1) is 18.6. The molecule has 0 aliphatic carbocycles. The van der Waals surface area contributed by atoms with Gasteiger partial charge in [0.2, 0.25) is 15.9 Å². The molecule has 1 aromatic heterocycles. The summed E-state index contributed by atoms with van der Waals surface area (Å²) in [6, 6.07) is 2.44. The van der Waals surface area contributed by atoms with Gasteiger partial charge in [0.25, 0.3) is 5.56 Å². The lowest BCUT2D eigenvalue weighted by molar-refractivity contribution is -0.122. The van der Waals surface area contributed by atoms with Crippen LogP contribution in [0.1, 0.15) is 20.3 Å². The van der Waals surface area contributed by atoms with Gasteiger partial charge in [-0.3, -0.25) is 9.59 Å². The van der Waals surface area contributed by atoms with E-state index in [9.17, 15) is 18.0 Å². The summed E-state index contributed by atoms with van der Waals surface area (Å²) in [7, 11) is -3.70. The Morgan fingerprint density at radius 2 is 2.00 bits per heavy atom. The van der Waals surface area contributed by atoms with E-state index in [0.717, 1.165) is 11.0 Å². The van der Waals surface area contributed by atoms with Crippen molar-refractivity contribution in [3.05, 3.63) is 28.7 Å². The highest BCUT2D eigenvalue weighted by molar-refractivity contribution is 7.89. The van der Waals surface area contributed by atoms with Gasteiger partial charge >= 0.3 is 0 Å². The van der Waals surface area contributed by atoms with Crippen LogP contribution in [0.5, 0.6) is 0 Å². The zero-order valence-electron chi connectivity index (χ0n) is 13.9. The van der Waals surface area contributed by atoms with Gasteiger partial charge in [-0.1, -0.05) is 6.92 Å². The van der Waals surface area contributed by atoms with Crippen LogP contribution in [-0.4, -0.2) is 55.5 Å². The van der Waals surface area contributed by atoms with E-state index in [2.05, 4.69) is 5.32 Å². The predicted molar refractivity (Wildman–Crippen MR) is 88.2 cm³/mol. The molecule has 1 aliphatic rings. The fraction of sp³-hybridized carbons (Fsp3) is 0.600. The molecule has 8 nitrogen and oxygen atoms in total. The number of nitrogens with zero attached hydrogens (tertiary/aromatic N) is 2. The monoisotopic (exact) mass is 357 g/mol. The summed E-state index contributed by atoms with van der Waals surface area (Å²) in [6.45, 7) is 4.82. The van der Waals surface area contributed by atoms with Gasteiger partial charge < -0.3 is 14.6 Å². The number of amides is 1. The van der Waals surface area contributed by atoms with E-state index in [0.29, 0.717) is 13.2 Å². The summed E-state index contributed by atoms with van der Waals surface area (Å²) < 4.78 is 32.8. The number of nitrogens with one attached hydrogen (secondary N) is 1. The van der Waals surface area contributed by atoms with E-state index < -0.39 is 15.6 Å². The van der Waals surface area contributed by atoms with Gasteiger partial charge in [0.05, 0.1) is 18.1 Å². The molecule has 0 unspecified atom stereocenters. The summed E-state index contributed by atoms with van der Waals surface area (Å²) in [5.74, 6) is -0.327. The van der Waals surface area contributed by atoms with Crippen LogP contribution in [0.15, 0.2) is 28.0 Å². The third-order valence-electron chi connectivity index (χ3n) is 3.90. The molecule has 0 aromatic carbocycles. The number of ether oxygens (including phenoxy) is 1. The molecule has 0 spiro atoms. The Hall–Kier alpha value is -1.71. The van der Waals surface area contributed by atoms with E-state index in [4.69, 9.17) is 4.74 Å². The maximum atomic E-state index is 12.6.